The Morgan fingerprint density at radius 1 is 0.368 bits per heavy atom. The minimum atomic E-state index is -0.367. The lowest BCUT2D eigenvalue weighted by Gasteiger charge is -2.34. The Bertz CT molecular complexity index is 1860. The van der Waals surface area contributed by atoms with Crippen molar-refractivity contribution in [3.8, 4) is 16.8 Å². The summed E-state index contributed by atoms with van der Waals surface area (Å²) < 4.78 is 2.39. The SMILES string of the molecule is c1ccc(C2(c3ccc(-n4c5ccccc5c5ccccc54)cc3)c3ccccc3-c3ccccc32)cc1. The third-order valence-electron chi connectivity index (χ3n) is 8.30. The lowest BCUT2D eigenvalue weighted by atomic mass is 9.68. The van der Waals surface area contributed by atoms with Crippen molar-refractivity contribution in [3.63, 3.8) is 0 Å². The van der Waals surface area contributed by atoms with Crippen molar-refractivity contribution in [3.05, 3.63) is 174 Å². The van der Waals surface area contributed by atoms with Gasteiger partial charge in [0.05, 0.1) is 16.4 Å². The maximum atomic E-state index is 2.39. The van der Waals surface area contributed by atoms with Gasteiger partial charge in [0.2, 0.25) is 0 Å². The van der Waals surface area contributed by atoms with Gasteiger partial charge < -0.3 is 4.57 Å². The standard InChI is InChI=1S/C37H25N/c1-2-12-26(13-3-1)37(33-18-8-4-14-29(33)30-15-5-9-19-34(30)37)27-22-24-28(25-23-27)38-35-20-10-6-16-31(35)32-17-7-11-21-36(32)38/h1-25H. The highest BCUT2D eigenvalue weighted by Gasteiger charge is 2.45. The molecule has 0 unspecified atom stereocenters. The maximum Gasteiger partial charge on any atom is 0.0713 e. The van der Waals surface area contributed by atoms with Gasteiger partial charge in [0.25, 0.3) is 0 Å². The molecule has 0 bridgehead atoms. The summed E-state index contributed by atoms with van der Waals surface area (Å²) in [4.78, 5) is 0. The molecule has 0 radical (unpaired) electrons. The molecule has 1 aliphatic carbocycles. The average Bonchev–Trinajstić information content (AvgIpc) is 3.49. The van der Waals surface area contributed by atoms with Crippen LogP contribution in [0.2, 0.25) is 0 Å². The van der Waals surface area contributed by atoms with Crippen molar-refractivity contribution in [2.45, 2.75) is 5.41 Å². The van der Waals surface area contributed by atoms with Crippen LogP contribution in [0.25, 0.3) is 38.6 Å². The van der Waals surface area contributed by atoms with Crippen molar-refractivity contribution in [2.75, 3.05) is 0 Å². The summed E-state index contributed by atoms with van der Waals surface area (Å²) in [5.74, 6) is 0. The predicted molar refractivity (Wildman–Crippen MR) is 158 cm³/mol. The van der Waals surface area contributed by atoms with E-state index in [9.17, 15) is 0 Å². The summed E-state index contributed by atoms with van der Waals surface area (Å²) in [6.07, 6.45) is 0. The summed E-state index contributed by atoms with van der Waals surface area (Å²) >= 11 is 0. The Morgan fingerprint density at radius 3 is 1.39 bits per heavy atom. The molecule has 178 valence electrons. The number of nitrogens with zero attached hydrogens (tertiary/aromatic N) is 1. The van der Waals surface area contributed by atoms with Crippen LogP contribution >= 0.6 is 0 Å². The van der Waals surface area contributed by atoms with E-state index < -0.39 is 0 Å². The van der Waals surface area contributed by atoms with Crippen molar-refractivity contribution in [1.29, 1.82) is 0 Å². The first-order valence-electron chi connectivity index (χ1n) is 13.2. The van der Waals surface area contributed by atoms with Gasteiger partial charge in [-0.3, -0.25) is 0 Å². The van der Waals surface area contributed by atoms with Crippen LogP contribution < -0.4 is 0 Å². The number of aromatic nitrogens is 1. The molecule has 38 heavy (non-hydrogen) atoms. The molecule has 0 aliphatic heterocycles. The summed E-state index contributed by atoms with van der Waals surface area (Å²) in [7, 11) is 0. The quantitative estimate of drug-likeness (QED) is 0.236. The largest absolute Gasteiger partial charge is 0.309 e. The summed E-state index contributed by atoms with van der Waals surface area (Å²) in [6.45, 7) is 0. The number of benzene rings is 6. The topological polar surface area (TPSA) is 4.93 Å². The van der Waals surface area contributed by atoms with Gasteiger partial charge in [0.1, 0.15) is 0 Å². The zero-order chi connectivity index (χ0) is 25.1. The fourth-order valence-electron chi connectivity index (χ4n) is 6.77. The Morgan fingerprint density at radius 2 is 0.816 bits per heavy atom. The number of hydrogen-bond donors (Lipinski definition) is 0. The van der Waals surface area contributed by atoms with Crippen LogP contribution in [0, 0.1) is 0 Å². The molecule has 8 rings (SSSR count). The molecule has 0 spiro atoms. The minimum absolute atomic E-state index is 0.367. The molecule has 0 saturated carbocycles. The zero-order valence-electron chi connectivity index (χ0n) is 20.9. The van der Waals surface area contributed by atoms with Crippen LogP contribution in [0.4, 0.5) is 0 Å². The Hall–Kier alpha value is -4.88. The fraction of sp³-hybridized carbons (Fsp3) is 0.0270. The van der Waals surface area contributed by atoms with E-state index in [0.717, 1.165) is 0 Å². The Balaban J connectivity index is 1.40. The highest BCUT2D eigenvalue weighted by molar-refractivity contribution is 6.09. The van der Waals surface area contributed by atoms with E-state index in [1.807, 2.05) is 0 Å². The summed E-state index contributed by atoms with van der Waals surface area (Å²) in [5, 5.41) is 2.57. The van der Waals surface area contributed by atoms with Gasteiger partial charge in [-0.1, -0.05) is 127 Å². The normalized spacial score (nSPS) is 13.5. The van der Waals surface area contributed by atoms with E-state index in [1.54, 1.807) is 0 Å². The number of fused-ring (bicyclic) bond motifs is 6. The molecule has 1 aromatic heterocycles. The van der Waals surface area contributed by atoms with Gasteiger partial charge >= 0.3 is 0 Å². The second-order valence-electron chi connectivity index (χ2n) is 10.1. The molecule has 0 fully saturated rings. The van der Waals surface area contributed by atoms with Crippen LogP contribution in [-0.4, -0.2) is 4.57 Å². The van der Waals surface area contributed by atoms with Gasteiger partial charge in [-0.25, -0.2) is 0 Å². The molecule has 1 heterocycles. The van der Waals surface area contributed by atoms with Crippen molar-refractivity contribution in [1.82, 2.24) is 4.57 Å². The van der Waals surface area contributed by atoms with Crippen LogP contribution in [0.15, 0.2) is 152 Å². The van der Waals surface area contributed by atoms with E-state index >= 15 is 0 Å². The van der Waals surface area contributed by atoms with Gasteiger partial charge in [0.15, 0.2) is 0 Å². The highest BCUT2D eigenvalue weighted by Crippen LogP contribution is 2.55. The third kappa shape index (κ3) is 2.76. The van der Waals surface area contributed by atoms with Crippen molar-refractivity contribution in [2.24, 2.45) is 0 Å². The van der Waals surface area contributed by atoms with E-state index in [0.29, 0.717) is 0 Å². The molecule has 7 aromatic rings. The predicted octanol–water partition coefficient (Wildman–Crippen LogP) is 9.15. The molecule has 0 atom stereocenters. The monoisotopic (exact) mass is 483 g/mol. The maximum absolute atomic E-state index is 2.39. The second-order valence-corrected chi connectivity index (χ2v) is 10.1. The summed E-state index contributed by atoms with van der Waals surface area (Å²) in [5.41, 5.74) is 11.2. The average molecular weight is 484 g/mol. The van der Waals surface area contributed by atoms with Crippen LogP contribution in [-0.2, 0) is 5.41 Å². The van der Waals surface area contributed by atoms with Gasteiger partial charge in [-0.05, 0) is 57.6 Å². The molecule has 6 aromatic carbocycles. The molecular formula is C37H25N. The van der Waals surface area contributed by atoms with E-state index in [-0.39, 0.29) is 5.41 Å². The lowest BCUT2D eigenvalue weighted by Crippen LogP contribution is -2.28. The summed E-state index contributed by atoms with van der Waals surface area (Å²) in [6, 6.07) is 55.5. The molecule has 1 heteroatoms. The van der Waals surface area contributed by atoms with Gasteiger partial charge in [-0.15, -0.1) is 0 Å². The Kier molecular flexibility index (Phi) is 4.50. The van der Waals surface area contributed by atoms with Crippen molar-refractivity contribution < 1.29 is 0 Å². The third-order valence-corrected chi connectivity index (χ3v) is 8.30. The van der Waals surface area contributed by atoms with Crippen LogP contribution in [0.3, 0.4) is 0 Å². The van der Waals surface area contributed by atoms with Gasteiger partial charge in [-0.2, -0.15) is 0 Å². The second kappa shape index (κ2) is 8.06. The zero-order valence-corrected chi connectivity index (χ0v) is 20.9. The van der Waals surface area contributed by atoms with Crippen molar-refractivity contribution >= 4 is 21.8 Å². The molecule has 1 aliphatic rings. The first kappa shape index (κ1) is 21.2. The minimum Gasteiger partial charge on any atom is -0.309 e. The number of hydrogen-bond acceptors (Lipinski definition) is 0. The number of rotatable bonds is 3. The molecule has 1 nitrogen and oxygen atoms in total. The molecule has 0 amide bonds. The Labute approximate surface area is 222 Å². The van der Waals surface area contributed by atoms with Crippen LogP contribution in [0.5, 0.6) is 0 Å². The first-order valence-corrected chi connectivity index (χ1v) is 13.2. The molecule has 0 saturated heterocycles. The first-order chi connectivity index (χ1) is 18.9. The van der Waals surface area contributed by atoms with E-state index in [4.69, 9.17) is 0 Å². The smallest absolute Gasteiger partial charge is 0.0713 e. The van der Waals surface area contributed by atoms with Gasteiger partial charge in [0, 0.05) is 16.5 Å². The molecule has 0 N–H and O–H groups in total. The number of para-hydroxylation sites is 2. The lowest BCUT2D eigenvalue weighted by molar-refractivity contribution is 0.768. The molecular weight excluding hydrogens is 458 g/mol. The van der Waals surface area contributed by atoms with E-state index in [1.165, 1.54) is 60.9 Å². The highest BCUT2D eigenvalue weighted by atomic mass is 15.0. The fourth-order valence-corrected chi connectivity index (χ4v) is 6.77. The van der Waals surface area contributed by atoms with E-state index in [2.05, 4.69) is 156 Å². The van der Waals surface area contributed by atoms with Crippen LogP contribution in [0.1, 0.15) is 22.3 Å².